The van der Waals surface area contributed by atoms with Gasteiger partial charge in [-0.05, 0) is 0 Å². The molecule has 0 heterocycles. The molecule has 0 aromatic carbocycles. The fourth-order valence-corrected chi connectivity index (χ4v) is 0. The van der Waals surface area contributed by atoms with Gasteiger partial charge in [-0.3, -0.25) is 0 Å². The van der Waals surface area contributed by atoms with Crippen molar-refractivity contribution in [3.63, 3.8) is 0 Å². The van der Waals surface area contributed by atoms with Crippen LogP contribution in [-0.4, -0.2) is 88.7 Å². The zero-order valence-corrected chi connectivity index (χ0v) is 8.84. The summed E-state index contributed by atoms with van der Waals surface area (Å²) < 4.78 is 0. The van der Waals surface area contributed by atoms with Gasteiger partial charge in [0.1, 0.15) is 0 Å². The fraction of sp³-hybridized carbons (Fsp3) is 0. The predicted molar refractivity (Wildman–Crippen MR) is 19.6 cm³/mol. The molecule has 1 nitrogen and oxygen atoms in total. The normalized spacial score (nSPS) is 0. The summed E-state index contributed by atoms with van der Waals surface area (Å²) in [6.07, 6.45) is 0. The summed E-state index contributed by atoms with van der Waals surface area (Å²) in [7, 11) is 0. The van der Waals surface area contributed by atoms with Crippen LogP contribution in [0.4, 0.5) is 0 Å². The molecule has 0 aliphatic carbocycles. The minimum Gasteiger partial charge on any atom is -1.00 e. The Hall–Kier alpha value is 3.22. The van der Waals surface area contributed by atoms with Gasteiger partial charge < -0.3 is 11.2 Å². The minimum atomic E-state index is 0. The Morgan fingerprint density at radius 3 is 1.25 bits per heavy atom. The molecule has 0 rings (SSSR count). The van der Waals surface area contributed by atoms with Crippen molar-refractivity contribution in [3.05, 3.63) is 0 Å². The van der Waals surface area contributed by atoms with E-state index in [4.69, 9.17) is 0 Å². The van der Waals surface area contributed by atoms with Gasteiger partial charge in [0.15, 0.2) is 0 Å². The molecule has 0 saturated carbocycles. The summed E-state index contributed by atoms with van der Waals surface area (Å²) >= 11 is 0. The van der Waals surface area contributed by atoms with Gasteiger partial charge in [0.25, 0.3) is 0 Å². The van der Waals surface area contributed by atoms with E-state index in [2.05, 4.69) is 0 Å². The summed E-state index contributed by atoms with van der Waals surface area (Å²) in [5.41, 5.74) is 0. The monoisotopic (exact) mass is 213 g/mol. The van der Waals surface area contributed by atoms with Gasteiger partial charge in [-0.25, -0.2) is 0 Å². The first-order chi connectivity index (χ1) is 0. The summed E-state index contributed by atoms with van der Waals surface area (Å²) in [4.78, 5) is 0. The molecule has 0 unspecified atom stereocenters. The second kappa shape index (κ2) is 16.3. The van der Waals surface area contributed by atoms with Crippen molar-refractivity contribution < 1.29 is 28.3 Å². The van der Waals surface area contributed by atoms with Gasteiger partial charge in [0.05, 0.1) is 0 Å². The maximum atomic E-state index is 0. The zero-order chi connectivity index (χ0) is 0. The molecule has 1 radical (unpaired) electrons. The van der Waals surface area contributed by atoms with E-state index in [0.29, 0.717) is 0 Å². The van der Waals surface area contributed by atoms with Crippen molar-refractivity contribution in [1.82, 2.24) is 0 Å². The van der Waals surface area contributed by atoms with Crippen LogP contribution in [0.5, 0.6) is 0 Å². The molecule has 0 atom stereocenters. The van der Waals surface area contributed by atoms with Crippen LogP contribution in [-0.2, 0) is 17.1 Å². The number of hydrogen-bond donors (Lipinski definition) is 0. The maximum Gasteiger partial charge on any atom is 2.00 e. The first-order valence-electron chi connectivity index (χ1n) is 0. The van der Waals surface area contributed by atoms with Crippen molar-refractivity contribution in [2.75, 3.05) is 0 Å². The third-order valence-corrected chi connectivity index (χ3v) is 0. The Morgan fingerprint density at radius 1 is 1.25 bits per heavy atom. The van der Waals surface area contributed by atoms with Crippen molar-refractivity contribution in [2.45, 2.75) is 0 Å². The van der Waals surface area contributed by atoms with Crippen LogP contribution in [0.25, 0.3) is 0 Å². The largest absolute Gasteiger partial charge is 2.00 e. The summed E-state index contributed by atoms with van der Waals surface area (Å²) in [6.45, 7) is 0. The Bertz CT molecular complexity index is 16.0. The average Bonchev–Trinajstić information content (AvgIpc) is 0. The molecule has 0 spiro atoms. The van der Waals surface area contributed by atoms with Crippen LogP contribution >= 0.6 is 0 Å². The van der Waals surface area contributed by atoms with Crippen molar-refractivity contribution >= 4 is 83.2 Å². The average molecular weight is 213 g/mol. The van der Waals surface area contributed by atoms with Gasteiger partial charge in [0.2, 0.25) is 0 Å². The van der Waals surface area contributed by atoms with Crippen LogP contribution in [0.3, 0.4) is 0 Å². The van der Waals surface area contributed by atoms with E-state index in [9.17, 15) is 0 Å². The van der Waals surface area contributed by atoms with Crippen molar-refractivity contribution in [3.8, 4) is 0 Å². The summed E-state index contributed by atoms with van der Waals surface area (Å²) in [6, 6.07) is 0. The molecular formula is H6CaCuOSr. The van der Waals surface area contributed by atoms with Crippen LogP contribution in [0.1, 0.15) is 5.71 Å². The second-order valence-corrected chi connectivity index (χ2v) is 0. The maximum absolute atomic E-state index is 0. The molecule has 0 aliphatic heterocycles. The Kier molecular flexibility index (Phi) is 110. The molecular weight excluding hydrogens is 207 g/mol. The van der Waals surface area contributed by atoms with E-state index < -0.39 is 0 Å². The standard InChI is InChI=1S/Ca.Cu.H2O.Sr.4H/h;;1H2;;;;;/q+2;;;+2;4*-1. The van der Waals surface area contributed by atoms with E-state index in [1.165, 1.54) is 0 Å². The molecule has 0 fully saturated rings. The first kappa shape index (κ1) is 26.9. The van der Waals surface area contributed by atoms with Crippen molar-refractivity contribution in [1.29, 1.82) is 0 Å². The first-order valence-corrected chi connectivity index (χ1v) is 0. The topological polar surface area (TPSA) is 31.5 Å². The molecule has 0 saturated heterocycles. The molecule has 0 aliphatic rings. The minimum absolute atomic E-state index is 0. The molecule has 2 N–H and O–H groups in total. The van der Waals surface area contributed by atoms with E-state index >= 15 is 0 Å². The Morgan fingerprint density at radius 2 is 1.25 bits per heavy atom. The predicted octanol–water partition coefficient (Wildman–Crippen LogP) is -1.14. The second-order valence-electron chi connectivity index (χ2n) is 0. The SMILES string of the molecule is O.[Ca+2].[Cu].[H-].[H-].[H-].[H-].[Sr+2]. The number of rotatable bonds is 0. The van der Waals surface area contributed by atoms with Crippen LogP contribution in [0.15, 0.2) is 0 Å². The van der Waals surface area contributed by atoms with Crippen LogP contribution in [0, 0.1) is 0 Å². The molecule has 27 valence electrons. The van der Waals surface area contributed by atoms with Gasteiger partial charge in [-0.1, -0.05) is 0 Å². The zero-order valence-electron chi connectivity index (χ0n) is 6.22. The van der Waals surface area contributed by atoms with Crippen molar-refractivity contribution in [2.24, 2.45) is 0 Å². The van der Waals surface area contributed by atoms with Crippen LogP contribution < -0.4 is 0 Å². The molecule has 0 aromatic rings. The summed E-state index contributed by atoms with van der Waals surface area (Å²) in [5.74, 6) is 0. The Balaban J connectivity index is 0. The van der Waals surface area contributed by atoms with Gasteiger partial charge in [-0.2, -0.15) is 0 Å². The van der Waals surface area contributed by atoms with Gasteiger partial charge >= 0.3 is 83.2 Å². The molecule has 0 bridgehead atoms. The summed E-state index contributed by atoms with van der Waals surface area (Å²) in [5, 5.41) is 0. The molecule has 0 amide bonds. The quantitative estimate of drug-likeness (QED) is 0.456. The Labute approximate surface area is 109 Å². The van der Waals surface area contributed by atoms with Gasteiger partial charge in [0, 0.05) is 17.1 Å². The van der Waals surface area contributed by atoms with Gasteiger partial charge in [-0.15, -0.1) is 0 Å². The smallest absolute Gasteiger partial charge is 1.00 e. The molecule has 4 heteroatoms. The molecule has 0 aromatic heterocycles. The number of hydrogen-bond acceptors (Lipinski definition) is 0. The van der Waals surface area contributed by atoms with Crippen LogP contribution in [0.2, 0.25) is 0 Å². The van der Waals surface area contributed by atoms with E-state index in [0.717, 1.165) is 0 Å². The fourth-order valence-electron chi connectivity index (χ4n) is 0. The van der Waals surface area contributed by atoms with E-state index in [-0.39, 0.29) is 111 Å². The van der Waals surface area contributed by atoms with E-state index in [1.54, 1.807) is 0 Å². The third-order valence-electron chi connectivity index (χ3n) is 0. The third kappa shape index (κ3) is 8.97. The van der Waals surface area contributed by atoms with E-state index in [1.807, 2.05) is 0 Å². The molecule has 4 heavy (non-hydrogen) atoms.